The number of anilines is 1. The molecule has 1 aliphatic rings. The summed E-state index contributed by atoms with van der Waals surface area (Å²) in [6, 6.07) is 10.1. The van der Waals surface area contributed by atoms with E-state index in [1.54, 1.807) is 11.0 Å². The summed E-state index contributed by atoms with van der Waals surface area (Å²) in [4.78, 5) is 22.1. The fourth-order valence-corrected chi connectivity index (χ4v) is 3.75. The summed E-state index contributed by atoms with van der Waals surface area (Å²) in [5.41, 5.74) is 1.28. The van der Waals surface area contributed by atoms with E-state index in [2.05, 4.69) is 25.7 Å². The molecule has 0 bridgehead atoms. The zero-order valence-corrected chi connectivity index (χ0v) is 17.8. The van der Waals surface area contributed by atoms with Gasteiger partial charge in [-0.3, -0.25) is 0 Å². The van der Waals surface area contributed by atoms with E-state index in [9.17, 15) is 18.0 Å². The van der Waals surface area contributed by atoms with Crippen LogP contribution in [0.4, 0.5) is 23.8 Å². The van der Waals surface area contributed by atoms with E-state index in [-0.39, 0.29) is 12.1 Å². The standard InChI is InChI=1S/C22H24F3N7O/c23-22(24,25)18-4-5-20(27-12-18)31-8-6-19(7-9-31)30-21(33)28-11-16-2-1-3-17(10-16)13-32-15-26-14-29-32/h1-5,10,12,14-15,19H,6-9,11,13H2,(H2,28,30,33). The summed E-state index contributed by atoms with van der Waals surface area (Å²) in [6.07, 6.45) is 0.965. The Morgan fingerprint density at radius 2 is 1.91 bits per heavy atom. The zero-order chi connectivity index (χ0) is 23.3. The molecule has 4 rings (SSSR count). The maximum atomic E-state index is 12.7. The van der Waals surface area contributed by atoms with Gasteiger partial charge in [-0.25, -0.2) is 19.4 Å². The van der Waals surface area contributed by atoms with Crippen LogP contribution in [0, 0.1) is 0 Å². The lowest BCUT2D eigenvalue weighted by molar-refractivity contribution is -0.137. The SMILES string of the molecule is O=C(NCc1cccc(Cn2cncn2)c1)NC1CCN(c2ccc(C(F)(F)F)cn2)CC1. The molecule has 8 nitrogen and oxygen atoms in total. The van der Waals surface area contributed by atoms with Gasteiger partial charge in [0, 0.05) is 31.9 Å². The van der Waals surface area contributed by atoms with Gasteiger partial charge in [-0.2, -0.15) is 18.3 Å². The number of hydrogen-bond donors (Lipinski definition) is 2. The van der Waals surface area contributed by atoms with Crippen LogP contribution in [0.15, 0.2) is 55.2 Å². The van der Waals surface area contributed by atoms with Crippen molar-refractivity contribution in [2.45, 2.75) is 38.1 Å². The van der Waals surface area contributed by atoms with Crippen LogP contribution in [-0.2, 0) is 19.3 Å². The summed E-state index contributed by atoms with van der Waals surface area (Å²) in [6.45, 7) is 2.21. The third-order valence-electron chi connectivity index (χ3n) is 5.48. The number of alkyl halides is 3. The number of urea groups is 1. The van der Waals surface area contributed by atoms with Crippen molar-refractivity contribution in [3.05, 3.63) is 71.9 Å². The van der Waals surface area contributed by atoms with Crippen molar-refractivity contribution < 1.29 is 18.0 Å². The molecule has 0 aliphatic carbocycles. The number of benzene rings is 1. The molecule has 11 heteroatoms. The van der Waals surface area contributed by atoms with E-state index in [1.165, 1.54) is 12.4 Å². The highest BCUT2D eigenvalue weighted by molar-refractivity contribution is 5.74. The zero-order valence-electron chi connectivity index (χ0n) is 17.8. The van der Waals surface area contributed by atoms with Gasteiger partial charge >= 0.3 is 12.2 Å². The fourth-order valence-electron chi connectivity index (χ4n) is 3.75. The minimum Gasteiger partial charge on any atom is -0.356 e. The summed E-state index contributed by atoms with van der Waals surface area (Å²) in [7, 11) is 0. The van der Waals surface area contributed by atoms with E-state index in [1.807, 2.05) is 29.2 Å². The first-order chi connectivity index (χ1) is 15.9. The van der Waals surface area contributed by atoms with Crippen molar-refractivity contribution in [3.63, 3.8) is 0 Å². The Balaban J connectivity index is 1.21. The van der Waals surface area contributed by atoms with Crippen LogP contribution in [0.5, 0.6) is 0 Å². The Labute approximate surface area is 188 Å². The quantitative estimate of drug-likeness (QED) is 0.591. The molecule has 0 spiro atoms. The van der Waals surface area contributed by atoms with Crippen molar-refractivity contribution in [2.24, 2.45) is 0 Å². The molecule has 2 amide bonds. The lowest BCUT2D eigenvalue weighted by atomic mass is 10.1. The largest absolute Gasteiger partial charge is 0.417 e. The van der Waals surface area contributed by atoms with Gasteiger partial charge in [0.1, 0.15) is 18.5 Å². The normalized spacial score (nSPS) is 14.8. The number of nitrogens with zero attached hydrogens (tertiary/aromatic N) is 5. The smallest absolute Gasteiger partial charge is 0.356 e. The number of piperidine rings is 1. The monoisotopic (exact) mass is 459 g/mol. The van der Waals surface area contributed by atoms with Crippen LogP contribution in [0.25, 0.3) is 0 Å². The summed E-state index contributed by atoms with van der Waals surface area (Å²) in [5, 5.41) is 9.94. The Bertz CT molecular complexity index is 1050. The van der Waals surface area contributed by atoms with Crippen LogP contribution in [0.1, 0.15) is 29.5 Å². The molecule has 2 N–H and O–H groups in total. The number of aromatic nitrogens is 4. The van der Waals surface area contributed by atoms with Gasteiger partial charge in [-0.05, 0) is 36.1 Å². The lowest BCUT2D eigenvalue weighted by Crippen LogP contribution is -2.48. The predicted molar refractivity (Wildman–Crippen MR) is 115 cm³/mol. The van der Waals surface area contributed by atoms with E-state index >= 15 is 0 Å². The molecular formula is C22H24F3N7O. The number of pyridine rings is 1. The second-order valence-corrected chi connectivity index (χ2v) is 7.90. The molecule has 1 aliphatic heterocycles. The van der Waals surface area contributed by atoms with Gasteiger partial charge in [-0.1, -0.05) is 24.3 Å². The van der Waals surface area contributed by atoms with Gasteiger partial charge in [0.15, 0.2) is 0 Å². The molecule has 0 saturated carbocycles. The van der Waals surface area contributed by atoms with Crippen molar-refractivity contribution >= 4 is 11.8 Å². The van der Waals surface area contributed by atoms with Crippen LogP contribution >= 0.6 is 0 Å². The summed E-state index contributed by atoms with van der Waals surface area (Å²) < 4.78 is 39.8. The summed E-state index contributed by atoms with van der Waals surface area (Å²) >= 11 is 0. The van der Waals surface area contributed by atoms with Gasteiger partial charge in [0.25, 0.3) is 0 Å². The number of carbonyl (C=O) groups is 1. The number of halogens is 3. The number of rotatable bonds is 6. The molecule has 0 unspecified atom stereocenters. The molecule has 174 valence electrons. The molecule has 2 aromatic heterocycles. The first-order valence-electron chi connectivity index (χ1n) is 10.6. The van der Waals surface area contributed by atoms with Gasteiger partial charge in [-0.15, -0.1) is 0 Å². The lowest BCUT2D eigenvalue weighted by Gasteiger charge is -2.33. The van der Waals surface area contributed by atoms with Crippen molar-refractivity contribution in [2.75, 3.05) is 18.0 Å². The highest BCUT2D eigenvalue weighted by atomic mass is 19.4. The van der Waals surface area contributed by atoms with E-state index in [4.69, 9.17) is 0 Å². The van der Waals surface area contributed by atoms with Gasteiger partial charge in [0.2, 0.25) is 0 Å². The second kappa shape index (κ2) is 9.88. The van der Waals surface area contributed by atoms with Crippen LogP contribution in [0.3, 0.4) is 0 Å². The van der Waals surface area contributed by atoms with Crippen molar-refractivity contribution in [1.29, 1.82) is 0 Å². The van der Waals surface area contributed by atoms with Crippen molar-refractivity contribution in [3.8, 4) is 0 Å². The average molecular weight is 459 g/mol. The molecule has 3 aromatic rings. The highest BCUT2D eigenvalue weighted by Gasteiger charge is 2.31. The van der Waals surface area contributed by atoms with Gasteiger partial charge < -0.3 is 15.5 Å². The molecule has 1 fully saturated rings. The van der Waals surface area contributed by atoms with Crippen molar-refractivity contribution in [1.82, 2.24) is 30.4 Å². The second-order valence-electron chi connectivity index (χ2n) is 7.90. The third kappa shape index (κ3) is 6.21. The third-order valence-corrected chi connectivity index (χ3v) is 5.48. The predicted octanol–water partition coefficient (Wildman–Crippen LogP) is 3.21. The molecular weight excluding hydrogens is 435 g/mol. The van der Waals surface area contributed by atoms with Crippen LogP contribution in [0.2, 0.25) is 0 Å². The first-order valence-corrected chi connectivity index (χ1v) is 10.6. The number of hydrogen-bond acceptors (Lipinski definition) is 5. The number of amides is 2. The fraction of sp³-hybridized carbons (Fsp3) is 0.364. The molecule has 1 aromatic carbocycles. The van der Waals surface area contributed by atoms with E-state index in [0.717, 1.165) is 23.4 Å². The minimum atomic E-state index is -4.39. The first kappa shape index (κ1) is 22.6. The number of nitrogens with one attached hydrogen (secondary N) is 2. The molecule has 0 radical (unpaired) electrons. The average Bonchev–Trinajstić information content (AvgIpc) is 3.31. The van der Waals surface area contributed by atoms with Crippen LogP contribution < -0.4 is 15.5 Å². The summed E-state index contributed by atoms with van der Waals surface area (Å²) in [5.74, 6) is 0.511. The maximum Gasteiger partial charge on any atom is 0.417 e. The van der Waals surface area contributed by atoms with Gasteiger partial charge in [0.05, 0.1) is 12.1 Å². The topological polar surface area (TPSA) is 88.0 Å². The Morgan fingerprint density at radius 1 is 1.12 bits per heavy atom. The Kier molecular flexibility index (Phi) is 6.76. The Morgan fingerprint density at radius 3 is 2.58 bits per heavy atom. The van der Waals surface area contributed by atoms with E-state index in [0.29, 0.717) is 44.8 Å². The highest BCUT2D eigenvalue weighted by Crippen LogP contribution is 2.29. The number of carbonyl (C=O) groups excluding carboxylic acids is 1. The van der Waals surface area contributed by atoms with Crippen LogP contribution in [-0.4, -0.2) is 44.9 Å². The molecule has 33 heavy (non-hydrogen) atoms. The molecule has 1 saturated heterocycles. The minimum absolute atomic E-state index is 0.00523. The molecule has 0 atom stereocenters. The Hall–Kier alpha value is -3.63. The maximum absolute atomic E-state index is 12.7. The molecule has 3 heterocycles. The van der Waals surface area contributed by atoms with E-state index < -0.39 is 11.7 Å².